The lowest BCUT2D eigenvalue weighted by atomic mass is 9.99. The lowest BCUT2D eigenvalue weighted by Gasteiger charge is -2.40. The van der Waals surface area contributed by atoms with Gasteiger partial charge in [0.1, 0.15) is 24.4 Å². The summed E-state index contributed by atoms with van der Waals surface area (Å²) in [5, 5.41) is 54.9. The maximum absolute atomic E-state index is 13.1. The Labute approximate surface area is 511 Å². The third kappa shape index (κ3) is 50.9. The Bertz CT molecular complexity index is 1630. The number of unbranched alkanes of at least 4 members (excludes halogenated alkanes) is 34. The van der Waals surface area contributed by atoms with Crippen LogP contribution >= 0.6 is 0 Å². The van der Waals surface area contributed by atoms with Crippen molar-refractivity contribution in [3.63, 3.8) is 0 Å². The maximum atomic E-state index is 13.1. The van der Waals surface area contributed by atoms with Crippen LogP contribution in [0.4, 0.5) is 0 Å². The van der Waals surface area contributed by atoms with Crippen molar-refractivity contribution in [3.05, 3.63) is 97.2 Å². The smallest absolute Gasteiger partial charge is 0.220 e. The summed E-state index contributed by atoms with van der Waals surface area (Å²) >= 11 is 0. The molecule has 0 saturated carbocycles. The minimum atomic E-state index is -1.56. The summed E-state index contributed by atoms with van der Waals surface area (Å²) in [6.07, 6.45) is 83.2. The topological polar surface area (TPSA) is 149 Å². The molecule has 0 aromatic carbocycles. The van der Waals surface area contributed by atoms with Crippen LogP contribution in [0.3, 0.4) is 0 Å². The molecule has 480 valence electrons. The highest BCUT2D eigenvalue weighted by Crippen LogP contribution is 2.23. The average Bonchev–Trinajstić information content (AvgIpc) is 3.61. The monoisotopic (exact) mass is 1160 g/mol. The summed E-state index contributed by atoms with van der Waals surface area (Å²) in [5.41, 5.74) is 0. The van der Waals surface area contributed by atoms with Crippen LogP contribution in [0.1, 0.15) is 309 Å². The summed E-state index contributed by atoms with van der Waals surface area (Å²) in [4.78, 5) is 13.1. The number of amides is 1. The third-order valence-corrected chi connectivity index (χ3v) is 16.2. The van der Waals surface area contributed by atoms with Gasteiger partial charge in [-0.25, -0.2) is 0 Å². The molecular formula is C74H131NO8. The van der Waals surface area contributed by atoms with Crippen molar-refractivity contribution in [2.24, 2.45) is 0 Å². The zero-order valence-corrected chi connectivity index (χ0v) is 53.7. The standard InChI is InChI=1S/C74H131NO8/c1-3-5-7-9-11-13-15-17-19-21-23-24-25-26-27-28-29-30-31-32-33-34-35-36-37-38-39-40-41-42-43-44-46-48-50-52-54-56-58-60-62-64-70(78)75-67(66-82-74-73(81)72(80)71(79)69(65-76)83-74)68(77)63-61-59-57-55-53-51-49-47-45-22-20-18-16-14-12-10-8-6-4-2/h5,7,11,13,17,19,23-24,26-27,29-30,32-33,35-36,67-69,71-74,76-77,79-81H,3-4,6,8-10,12,14-16,18,20-22,25,28,31,34,37-66H2,1-2H3,(H,75,78)/b7-5-,13-11-,19-17-,24-23-,27-26-,30-29-,33-32-,36-35-. The number of carbonyl (C=O) groups excluding carboxylic acids is 1. The highest BCUT2D eigenvalue weighted by molar-refractivity contribution is 5.76. The van der Waals surface area contributed by atoms with E-state index in [1.54, 1.807) is 0 Å². The minimum Gasteiger partial charge on any atom is -0.394 e. The van der Waals surface area contributed by atoms with E-state index in [1.807, 2.05) is 0 Å². The van der Waals surface area contributed by atoms with Crippen molar-refractivity contribution in [3.8, 4) is 0 Å². The Morgan fingerprint density at radius 3 is 1.11 bits per heavy atom. The number of carbonyl (C=O) groups is 1. The van der Waals surface area contributed by atoms with Crippen LogP contribution in [0, 0.1) is 0 Å². The van der Waals surface area contributed by atoms with Crippen LogP contribution < -0.4 is 5.32 Å². The van der Waals surface area contributed by atoms with Gasteiger partial charge in [0.05, 0.1) is 25.4 Å². The molecule has 1 fully saturated rings. The first-order chi connectivity index (χ1) is 40.8. The van der Waals surface area contributed by atoms with Gasteiger partial charge in [-0.05, 0) is 77.0 Å². The lowest BCUT2D eigenvalue weighted by molar-refractivity contribution is -0.302. The van der Waals surface area contributed by atoms with E-state index in [9.17, 15) is 30.3 Å². The molecule has 6 N–H and O–H groups in total. The van der Waals surface area contributed by atoms with Crippen molar-refractivity contribution in [1.29, 1.82) is 0 Å². The minimum absolute atomic E-state index is 0.138. The number of hydrogen-bond donors (Lipinski definition) is 6. The Hall–Kier alpha value is -2.89. The number of rotatable bonds is 60. The first-order valence-corrected chi connectivity index (χ1v) is 34.9. The molecule has 1 saturated heterocycles. The van der Waals surface area contributed by atoms with E-state index >= 15 is 0 Å². The van der Waals surface area contributed by atoms with Gasteiger partial charge in [-0.3, -0.25) is 4.79 Å². The second-order valence-corrected chi connectivity index (χ2v) is 23.9. The molecule has 0 aromatic heterocycles. The normalized spacial score (nSPS) is 18.9. The van der Waals surface area contributed by atoms with E-state index in [0.717, 1.165) is 89.9 Å². The number of aliphatic hydroxyl groups is 5. The number of allylic oxidation sites excluding steroid dienone is 16. The summed E-state index contributed by atoms with van der Waals surface area (Å²) in [7, 11) is 0. The third-order valence-electron chi connectivity index (χ3n) is 16.2. The number of ether oxygens (including phenoxy) is 2. The molecule has 7 atom stereocenters. The van der Waals surface area contributed by atoms with Gasteiger partial charge in [0.15, 0.2) is 6.29 Å². The first kappa shape index (κ1) is 78.1. The molecule has 83 heavy (non-hydrogen) atoms. The van der Waals surface area contributed by atoms with E-state index < -0.39 is 49.5 Å². The first-order valence-electron chi connectivity index (χ1n) is 34.9. The zero-order valence-electron chi connectivity index (χ0n) is 53.7. The zero-order chi connectivity index (χ0) is 60.0. The van der Waals surface area contributed by atoms with Gasteiger partial charge >= 0.3 is 0 Å². The van der Waals surface area contributed by atoms with Crippen LogP contribution in [0.25, 0.3) is 0 Å². The average molecular weight is 1160 g/mol. The summed E-state index contributed by atoms with van der Waals surface area (Å²) in [6.45, 7) is 3.75. The molecule has 0 radical (unpaired) electrons. The van der Waals surface area contributed by atoms with E-state index in [1.165, 1.54) is 193 Å². The Morgan fingerprint density at radius 1 is 0.422 bits per heavy atom. The molecule has 7 unspecified atom stereocenters. The Kier molecular flexibility index (Phi) is 58.5. The summed E-state index contributed by atoms with van der Waals surface area (Å²) in [5.74, 6) is -0.143. The van der Waals surface area contributed by atoms with Crippen LogP contribution in [-0.2, 0) is 14.3 Å². The fourth-order valence-electron chi connectivity index (χ4n) is 10.8. The van der Waals surface area contributed by atoms with E-state index in [4.69, 9.17) is 9.47 Å². The van der Waals surface area contributed by atoms with Gasteiger partial charge in [0, 0.05) is 6.42 Å². The Balaban J connectivity index is 2.08. The van der Waals surface area contributed by atoms with Crippen molar-refractivity contribution in [1.82, 2.24) is 5.32 Å². The largest absolute Gasteiger partial charge is 0.394 e. The van der Waals surface area contributed by atoms with Crippen molar-refractivity contribution in [2.45, 2.75) is 352 Å². The van der Waals surface area contributed by atoms with E-state index in [2.05, 4.69) is 116 Å². The molecular weight excluding hydrogens is 1030 g/mol. The number of hydrogen-bond acceptors (Lipinski definition) is 8. The molecule has 0 spiro atoms. The molecule has 0 aromatic rings. The van der Waals surface area contributed by atoms with Crippen molar-refractivity contribution >= 4 is 5.91 Å². The molecule has 0 bridgehead atoms. The van der Waals surface area contributed by atoms with Gasteiger partial charge in [0.25, 0.3) is 0 Å². The summed E-state index contributed by atoms with van der Waals surface area (Å²) in [6, 6.07) is -0.723. The van der Waals surface area contributed by atoms with Crippen LogP contribution in [0.15, 0.2) is 97.2 Å². The fraction of sp³-hybridized carbons (Fsp3) is 0.770. The predicted octanol–water partition coefficient (Wildman–Crippen LogP) is 19.1. The van der Waals surface area contributed by atoms with Crippen LogP contribution in [0.2, 0.25) is 0 Å². The summed E-state index contributed by atoms with van der Waals surface area (Å²) < 4.78 is 11.4. The van der Waals surface area contributed by atoms with Gasteiger partial charge in [-0.2, -0.15) is 0 Å². The maximum Gasteiger partial charge on any atom is 0.220 e. The predicted molar refractivity (Wildman–Crippen MR) is 355 cm³/mol. The molecule has 9 nitrogen and oxygen atoms in total. The van der Waals surface area contributed by atoms with E-state index in [-0.39, 0.29) is 12.5 Å². The van der Waals surface area contributed by atoms with E-state index in [0.29, 0.717) is 12.8 Å². The highest BCUT2D eigenvalue weighted by Gasteiger charge is 2.44. The SMILES string of the molecule is CC/C=C\C/C=C\C/C=C\C/C=C\C/C=C\C/C=C\C/C=C\C/C=C\CCCCCCCCCCCCCCCCCCC(=O)NC(COC1OC(CO)C(O)C(O)C1O)C(O)CCCCCCCCCCCCCCCCCCCCC. The number of aliphatic hydroxyl groups excluding tert-OH is 5. The van der Waals surface area contributed by atoms with Gasteiger partial charge in [0.2, 0.25) is 5.91 Å². The molecule has 1 amide bonds. The van der Waals surface area contributed by atoms with Gasteiger partial charge < -0.3 is 40.3 Å². The lowest BCUT2D eigenvalue weighted by Crippen LogP contribution is -2.60. The van der Waals surface area contributed by atoms with Gasteiger partial charge in [-0.1, -0.05) is 323 Å². The molecule has 1 heterocycles. The second kappa shape index (κ2) is 62.2. The Morgan fingerprint density at radius 2 is 0.747 bits per heavy atom. The molecule has 1 rings (SSSR count). The van der Waals surface area contributed by atoms with Crippen LogP contribution in [-0.4, -0.2) is 87.5 Å². The number of nitrogens with one attached hydrogen (secondary N) is 1. The second-order valence-electron chi connectivity index (χ2n) is 23.9. The fourth-order valence-corrected chi connectivity index (χ4v) is 10.8. The van der Waals surface area contributed by atoms with Crippen molar-refractivity contribution < 1.29 is 39.8 Å². The molecule has 0 aliphatic carbocycles. The van der Waals surface area contributed by atoms with Crippen molar-refractivity contribution in [2.75, 3.05) is 13.2 Å². The van der Waals surface area contributed by atoms with Gasteiger partial charge in [-0.15, -0.1) is 0 Å². The van der Waals surface area contributed by atoms with Crippen LogP contribution in [0.5, 0.6) is 0 Å². The highest BCUT2D eigenvalue weighted by atomic mass is 16.7. The molecule has 9 heteroatoms. The molecule has 1 aliphatic rings. The quantitative estimate of drug-likeness (QED) is 0.0261. The molecule has 1 aliphatic heterocycles.